The number of rotatable bonds is 8. The van der Waals surface area contributed by atoms with Crippen LogP contribution in [-0.2, 0) is 9.84 Å². The van der Waals surface area contributed by atoms with Gasteiger partial charge in [0.25, 0.3) is 5.91 Å². The predicted octanol–water partition coefficient (Wildman–Crippen LogP) is 4.51. The Bertz CT molecular complexity index is 1610. The number of ether oxygens (including phenoxy) is 2. The number of amides is 1. The van der Waals surface area contributed by atoms with E-state index in [1.165, 1.54) is 6.07 Å². The Morgan fingerprint density at radius 3 is 2.68 bits per heavy atom. The van der Waals surface area contributed by atoms with Gasteiger partial charge >= 0.3 is 0 Å². The molecule has 3 heterocycles. The molecule has 12 heteroatoms. The highest BCUT2D eigenvalue weighted by Gasteiger charge is 2.23. The van der Waals surface area contributed by atoms with Crippen LogP contribution in [0.3, 0.4) is 0 Å². The summed E-state index contributed by atoms with van der Waals surface area (Å²) in [6.45, 7) is 3.64. The zero-order chi connectivity index (χ0) is 27.0. The minimum Gasteiger partial charge on any atom is -0.489 e. The fraction of sp³-hybridized carbons (Fsp3) is 0.308. The van der Waals surface area contributed by atoms with E-state index in [9.17, 15) is 13.2 Å². The number of nitrogens with two attached hydrogens (primary N) is 1. The molecule has 3 N–H and O–H groups in total. The summed E-state index contributed by atoms with van der Waals surface area (Å²) >= 11 is 7.86. The molecular weight excluding hydrogens is 548 g/mol. The Labute approximate surface area is 229 Å². The molecule has 0 spiro atoms. The maximum absolute atomic E-state index is 12.3. The fourth-order valence-electron chi connectivity index (χ4n) is 4.41. The van der Waals surface area contributed by atoms with Gasteiger partial charge in [-0.05, 0) is 57.1 Å². The smallest absolute Gasteiger partial charge is 0.262 e. The molecule has 2 aromatic carbocycles. The van der Waals surface area contributed by atoms with Gasteiger partial charge < -0.3 is 20.5 Å². The number of hydrogen-bond donors (Lipinski definition) is 2. The predicted molar refractivity (Wildman–Crippen MR) is 148 cm³/mol. The van der Waals surface area contributed by atoms with E-state index in [0.29, 0.717) is 38.1 Å². The maximum atomic E-state index is 12.3. The molecule has 1 saturated heterocycles. The molecule has 1 fully saturated rings. The van der Waals surface area contributed by atoms with Gasteiger partial charge in [0.15, 0.2) is 9.84 Å². The number of aromatic nitrogens is 2. The van der Waals surface area contributed by atoms with Crippen LogP contribution in [0.1, 0.15) is 41.1 Å². The molecule has 0 aliphatic carbocycles. The highest BCUT2D eigenvalue weighted by molar-refractivity contribution is 7.90. The van der Waals surface area contributed by atoms with Crippen LogP contribution in [0.4, 0.5) is 0 Å². The summed E-state index contributed by atoms with van der Waals surface area (Å²) < 4.78 is 38.3. The maximum Gasteiger partial charge on any atom is 0.262 e. The lowest BCUT2D eigenvalue weighted by Gasteiger charge is -2.25. The standard InChI is InChI=1S/C26H27ClN4O5S2/c1-15(18-4-3-5-21(24(18)27)36-16-8-10-29-11-9-16)35-22-13-23(37-25(22)26(28)32)31-14-30-19-7-6-17(12-20(19)31)38(2,33)34/h3-7,12-16,29H,8-11H2,1-2H3,(H2,28,32)/t15-/m1/s1. The van der Waals surface area contributed by atoms with Gasteiger partial charge in [0.2, 0.25) is 0 Å². The number of hydrogen-bond acceptors (Lipinski definition) is 8. The molecule has 38 heavy (non-hydrogen) atoms. The number of thiophene rings is 1. The molecule has 1 atom stereocenters. The number of sulfone groups is 1. The van der Waals surface area contributed by atoms with Crippen molar-refractivity contribution >= 4 is 49.7 Å². The molecule has 0 saturated carbocycles. The average Bonchev–Trinajstić information content (AvgIpc) is 3.49. The van der Waals surface area contributed by atoms with Crippen molar-refractivity contribution in [3.8, 4) is 16.5 Å². The first-order valence-electron chi connectivity index (χ1n) is 12.1. The summed E-state index contributed by atoms with van der Waals surface area (Å²) in [4.78, 5) is 17.1. The molecule has 5 rings (SSSR count). The van der Waals surface area contributed by atoms with Crippen LogP contribution < -0.4 is 20.5 Å². The largest absolute Gasteiger partial charge is 0.489 e. The minimum atomic E-state index is -3.41. The Morgan fingerprint density at radius 2 is 1.97 bits per heavy atom. The van der Waals surface area contributed by atoms with E-state index in [1.54, 1.807) is 29.1 Å². The number of nitrogens with one attached hydrogen (secondary N) is 1. The van der Waals surface area contributed by atoms with Crippen molar-refractivity contribution in [2.45, 2.75) is 36.9 Å². The summed E-state index contributed by atoms with van der Waals surface area (Å²) in [6, 6.07) is 12.0. The van der Waals surface area contributed by atoms with Crippen LogP contribution in [0.15, 0.2) is 53.7 Å². The first-order chi connectivity index (χ1) is 18.1. The molecule has 9 nitrogen and oxygen atoms in total. The molecule has 4 aromatic rings. The topological polar surface area (TPSA) is 126 Å². The van der Waals surface area contributed by atoms with Crippen LogP contribution in [0.2, 0.25) is 5.02 Å². The number of carbonyl (C=O) groups is 1. The molecule has 1 aliphatic heterocycles. The van der Waals surface area contributed by atoms with E-state index >= 15 is 0 Å². The van der Waals surface area contributed by atoms with E-state index in [-0.39, 0.29) is 15.9 Å². The molecule has 1 amide bonds. The van der Waals surface area contributed by atoms with Crippen molar-refractivity contribution < 1.29 is 22.7 Å². The van der Waals surface area contributed by atoms with Crippen LogP contribution >= 0.6 is 22.9 Å². The third-order valence-electron chi connectivity index (χ3n) is 6.41. The molecule has 2 aromatic heterocycles. The van der Waals surface area contributed by atoms with Gasteiger partial charge in [-0.1, -0.05) is 23.7 Å². The number of halogens is 1. The van der Waals surface area contributed by atoms with Crippen LogP contribution in [0, 0.1) is 0 Å². The van der Waals surface area contributed by atoms with Crippen molar-refractivity contribution in [1.29, 1.82) is 0 Å². The molecule has 0 unspecified atom stereocenters. The first-order valence-corrected chi connectivity index (χ1v) is 15.1. The zero-order valence-electron chi connectivity index (χ0n) is 20.8. The highest BCUT2D eigenvalue weighted by atomic mass is 35.5. The first kappa shape index (κ1) is 26.5. The monoisotopic (exact) mass is 574 g/mol. The van der Waals surface area contributed by atoms with E-state index in [2.05, 4.69) is 10.3 Å². The normalized spacial score (nSPS) is 15.4. The average molecular weight is 575 g/mol. The Hall–Kier alpha value is -3.12. The van der Waals surface area contributed by atoms with Crippen molar-refractivity contribution in [3.05, 3.63) is 64.3 Å². The van der Waals surface area contributed by atoms with Crippen molar-refractivity contribution in [2.75, 3.05) is 19.3 Å². The SMILES string of the molecule is C[C@@H](Oc1cc(-n2cnc3ccc(S(C)(=O)=O)cc32)sc1C(N)=O)c1cccc(OC2CCNCC2)c1Cl. The zero-order valence-corrected chi connectivity index (χ0v) is 23.2. The number of piperidine rings is 1. The second-order valence-corrected chi connectivity index (χ2v) is 12.6. The quantitative estimate of drug-likeness (QED) is 0.317. The van der Waals surface area contributed by atoms with Crippen molar-refractivity contribution in [2.24, 2.45) is 5.73 Å². The van der Waals surface area contributed by atoms with Crippen molar-refractivity contribution in [3.63, 3.8) is 0 Å². The number of benzene rings is 2. The lowest BCUT2D eigenvalue weighted by atomic mass is 10.1. The molecular formula is C26H27ClN4O5S2. The summed E-state index contributed by atoms with van der Waals surface area (Å²) in [5.74, 6) is 0.255. The second kappa shape index (κ2) is 10.6. The second-order valence-electron chi connectivity index (χ2n) is 9.17. The van der Waals surface area contributed by atoms with E-state index in [4.69, 9.17) is 26.8 Å². The fourth-order valence-corrected chi connectivity index (χ4v) is 6.31. The van der Waals surface area contributed by atoms with Gasteiger partial charge in [0, 0.05) is 17.9 Å². The summed E-state index contributed by atoms with van der Waals surface area (Å²) in [5.41, 5.74) is 7.59. The van der Waals surface area contributed by atoms with E-state index in [1.807, 2.05) is 25.1 Å². The van der Waals surface area contributed by atoms with Crippen LogP contribution in [0.5, 0.6) is 11.5 Å². The van der Waals surface area contributed by atoms with Crippen molar-refractivity contribution in [1.82, 2.24) is 14.9 Å². The molecule has 1 aliphatic rings. The van der Waals surface area contributed by atoms with Gasteiger partial charge in [0.1, 0.15) is 39.9 Å². The Morgan fingerprint density at radius 1 is 1.21 bits per heavy atom. The van der Waals surface area contributed by atoms with Gasteiger partial charge in [-0.2, -0.15) is 0 Å². The number of fused-ring (bicyclic) bond motifs is 1. The van der Waals surface area contributed by atoms with Gasteiger partial charge in [-0.3, -0.25) is 9.36 Å². The third kappa shape index (κ3) is 5.37. The lowest BCUT2D eigenvalue weighted by Crippen LogP contribution is -2.34. The van der Waals surface area contributed by atoms with E-state index < -0.39 is 21.8 Å². The summed E-state index contributed by atoms with van der Waals surface area (Å²) in [6.07, 6.45) is 4.10. The Balaban J connectivity index is 1.45. The Kier molecular flexibility index (Phi) is 7.36. The summed E-state index contributed by atoms with van der Waals surface area (Å²) in [5, 5.41) is 4.38. The number of primary amides is 1. The number of imidazole rings is 1. The van der Waals surface area contributed by atoms with Crippen LogP contribution in [-0.4, -0.2) is 49.3 Å². The molecule has 0 radical (unpaired) electrons. The molecule has 0 bridgehead atoms. The summed E-state index contributed by atoms with van der Waals surface area (Å²) in [7, 11) is -3.41. The minimum absolute atomic E-state index is 0.0920. The number of nitrogens with zero attached hydrogens (tertiary/aromatic N) is 2. The molecule has 200 valence electrons. The lowest BCUT2D eigenvalue weighted by molar-refractivity contribution is 0.0998. The third-order valence-corrected chi connectivity index (χ3v) is 9.05. The van der Waals surface area contributed by atoms with Gasteiger partial charge in [-0.15, -0.1) is 11.3 Å². The van der Waals surface area contributed by atoms with E-state index in [0.717, 1.165) is 43.5 Å². The van der Waals surface area contributed by atoms with Gasteiger partial charge in [-0.25, -0.2) is 13.4 Å². The highest BCUT2D eigenvalue weighted by Crippen LogP contribution is 2.39. The van der Waals surface area contributed by atoms with Gasteiger partial charge in [0.05, 0.1) is 21.0 Å². The number of carbonyl (C=O) groups excluding carboxylic acids is 1. The van der Waals surface area contributed by atoms with Crippen LogP contribution in [0.25, 0.3) is 16.0 Å².